The summed E-state index contributed by atoms with van der Waals surface area (Å²) < 4.78 is 15.3. The molecule has 2 aliphatic carbocycles. The van der Waals surface area contributed by atoms with Crippen LogP contribution in [-0.4, -0.2) is 33.7 Å². The fraction of sp³-hybridized carbons (Fsp3) is 0.520. The first kappa shape index (κ1) is 19.5. The van der Waals surface area contributed by atoms with Crippen LogP contribution in [-0.2, 0) is 11.2 Å². The Morgan fingerprint density at radius 1 is 1.10 bits per heavy atom. The minimum atomic E-state index is -0.239. The third kappa shape index (κ3) is 3.19. The van der Waals surface area contributed by atoms with Crippen molar-refractivity contribution in [1.29, 1.82) is 0 Å². The lowest BCUT2D eigenvalue weighted by Crippen LogP contribution is -2.45. The Morgan fingerprint density at radius 2 is 1.80 bits per heavy atom. The van der Waals surface area contributed by atoms with E-state index in [4.69, 9.17) is 0 Å². The number of carbonyl (C=O) groups is 1. The van der Waals surface area contributed by atoms with Gasteiger partial charge in [-0.3, -0.25) is 4.79 Å². The molecule has 1 aromatic heterocycles. The van der Waals surface area contributed by atoms with Crippen LogP contribution in [0.15, 0.2) is 41.6 Å². The summed E-state index contributed by atoms with van der Waals surface area (Å²) in [4.78, 5) is 15.6. The molecule has 1 aliphatic heterocycles. The highest BCUT2D eigenvalue weighted by Crippen LogP contribution is 2.48. The molecule has 0 radical (unpaired) electrons. The first-order chi connectivity index (χ1) is 14.4. The normalized spacial score (nSPS) is 28.5. The molecule has 2 heterocycles. The molecule has 5 rings (SSSR count). The predicted molar refractivity (Wildman–Crippen MR) is 115 cm³/mol. The molecule has 0 bridgehead atoms. The average Bonchev–Trinajstić information content (AvgIpc) is 3.32. The summed E-state index contributed by atoms with van der Waals surface area (Å²) in [5, 5.41) is 4.63. The zero-order chi connectivity index (χ0) is 21.0. The number of carbonyl (C=O) groups excluding carboxylic acids is 1. The Kier molecular flexibility index (Phi) is 4.79. The van der Waals surface area contributed by atoms with Gasteiger partial charge in [0.2, 0.25) is 5.91 Å². The van der Waals surface area contributed by atoms with Crippen molar-refractivity contribution in [2.45, 2.75) is 52.4 Å². The summed E-state index contributed by atoms with van der Waals surface area (Å²) in [6.45, 7) is 8.52. The van der Waals surface area contributed by atoms with Gasteiger partial charge in [0.1, 0.15) is 5.82 Å². The minimum absolute atomic E-state index is 0.0230. The van der Waals surface area contributed by atoms with Gasteiger partial charge in [0, 0.05) is 31.0 Å². The van der Waals surface area contributed by atoms with E-state index in [2.05, 4.69) is 30.8 Å². The number of fused-ring (bicyclic) bond motifs is 1. The fourth-order valence-electron chi connectivity index (χ4n) is 6.08. The van der Waals surface area contributed by atoms with E-state index in [0.717, 1.165) is 38.0 Å². The predicted octanol–water partition coefficient (Wildman–Crippen LogP) is 4.88. The van der Waals surface area contributed by atoms with Crippen LogP contribution in [0.4, 0.5) is 4.39 Å². The topological polar surface area (TPSA) is 38.1 Å². The molecule has 0 spiro atoms. The van der Waals surface area contributed by atoms with Crippen LogP contribution >= 0.6 is 0 Å². The van der Waals surface area contributed by atoms with E-state index in [1.165, 1.54) is 41.0 Å². The van der Waals surface area contributed by atoms with Crippen molar-refractivity contribution in [2.75, 3.05) is 13.1 Å². The SMILES string of the molecule is CC1CC(C)CN(C(=O)[C@@H]2CCC3=C2[C@@H](C)c2cnn(-c4ccc(F)cc4)c2C3)C1. The van der Waals surface area contributed by atoms with Crippen molar-refractivity contribution in [3.63, 3.8) is 0 Å². The highest BCUT2D eigenvalue weighted by atomic mass is 19.1. The second kappa shape index (κ2) is 7.36. The van der Waals surface area contributed by atoms with E-state index in [9.17, 15) is 9.18 Å². The van der Waals surface area contributed by atoms with Crippen LogP contribution in [0.2, 0.25) is 0 Å². The molecule has 1 amide bonds. The lowest BCUT2D eigenvalue weighted by molar-refractivity contribution is -0.137. The van der Waals surface area contributed by atoms with Gasteiger partial charge in [0.25, 0.3) is 0 Å². The smallest absolute Gasteiger partial charge is 0.229 e. The Hall–Kier alpha value is -2.43. The molecule has 2 unspecified atom stereocenters. The van der Waals surface area contributed by atoms with Crippen molar-refractivity contribution >= 4 is 5.91 Å². The lowest BCUT2D eigenvalue weighted by atomic mass is 9.79. The van der Waals surface area contributed by atoms with Gasteiger partial charge in [-0.1, -0.05) is 31.9 Å². The van der Waals surface area contributed by atoms with Gasteiger partial charge in [-0.15, -0.1) is 0 Å². The molecule has 5 heteroatoms. The highest BCUT2D eigenvalue weighted by molar-refractivity contribution is 5.83. The Bertz CT molecular complexity index is 996. The summed E-state index contributed by atoms with van der Waals surface area (Å²) in [7, 11) is 0. The highest BCUT2D eigenvalue weighted by Gasteiger charge is 2.41. The van der Waals surface area contributed by atoms with Crippen LogP contribution in [0.3, 0.4) is 0 Å². The number of likely N-dealkylation sites (tertiary alicyclic amines) is 1. The third-order valence-electron chi connectivity index (χ3n) is 7.28. The van der Waals surface area contributed by atoms with Crippen molar-refractivity contribution in [2.24, 2.45) is 17.8 Å². The number of amides is 1. The van der Waals surface area contributed by atoms with Gasteiger partial charge in [0.15, 0.2) is 0 Å². The number of hydrogen-bond acceptors (Lipinski definition) is 2. The molecule has 1 saturated heterocycles. The number of hydrogen-bond donors (Lipinski definition) is 0. The molecule has 0 saturated carbocycles. The number of rotatable bonds is 2. The number of benzene rings is 1. The van der Waals surface area contributed by atoms with Crippen molar-refractivity contribution < 1.29 is 9.18 Å². The largest absolute Gasteiger partial charge is 0.342 e. The average molecular weight is 408 g/mol. The molecule has 4 nitrogen and oxygen atoms in total. The first-order valence-electron chi connectivity index (χ1n) is 11.3. The standard InChI is InChI=1S/C25H30FN3O/c1-15-10-16(2)14-28(13-15)25(30)21-9-4-18-11-23-22(17(3)24(18)21)12-27-29(23)20-7-5-19(26)6-8-20/h5-8,12,15-17,21H,4,9-11,13-14H2,1-3H3/t15?,16?,17-,21+/m0/s1. The molecule has 3 aliphatic rings. The molecule has 4 atom stereocenters. The van der Waals surface area contributed by atoms with Gasteiger partial charge < -0.3 is 4.90 Å². The monoisotopic (exact) mass is 407 g/mol. The van der Waals surface area contributed by atoms with Gasteiger partial charge in [-0.2, -0.15) is 5.10 Å². The van der Waals surface area contributed by atoms with E-state index in [1.54, 1.807) is 12.1 Å². The number of allylic oxidation sites excluding steroid dienone is 1. The van der Waals surface area contributed by atoms with Gasteiger partial charge in [-0.05, 0) is 55.4 Å². The van der Waals surface area contributed by atoms with Gasteiger partial charge in [0.05, 0.1) is 23.5 Å². The Morgan fingerprint density at radius 3 is 2.50 bits per heavy atom. The zero-order valence-electron chi connectivity index (χ0n) is 18.1. The van der Waals surface area contributed by atoms with Crippen molar-refractivity contribution in [3.05, 3.63) is 58.7 Å². The van der Waals surface area contributed by atoms with E-state index < -0.39 is 0 Å². The van der Waals surface area contributed by atoms with E-state index in [0.29, 0.717) is 17.7 Å². The van der Waals surface area contributed by atoms with E-state index >= 15 is 0 Å². The molecule has 1 aromatic carbocycles. The summed E-state index contributed by atoms with van der Waals surface area (Å²) >= 11 is 0. The van der Waals surface area contributed by atoms with Crippen LogP contribution in [0.25, 0.3) is 5.69 Å². The van der Waals surface area contributed by atoms with Crippen LogP contribution in [0.5, 0.6) is 0 Å². The number of halogens is 1. The summed E-state index contributed by atoms with van der Waals surface area (Å²) in [6, 6.07) is 6.50. The molecule has 30 heavy (non-hydrogen) atoms. The van der Waals surface area contributed by atoms with Crippen LogP contribution < -0.4 is 0 Å². The maximum atomic E-state index is 13.5. The van der Waals surface area contributed by atoms with Gasteiger partial charge in [-0.25, -0.2) is 9.07 Å². The molecule has 2 aromatic rings. The first-order valence-corrected chi connectivity index (χ1v) is 11.3. The molecule has 0 N–H and O–H groups in total. The third-order valence-corrected chi connectivity index (χ3v) is 7.28. The number of aromatic nitrogens is 2. The number of piperidine rings is 1. The molecular formula is C25H30FN3O. The van der Waals surface area contributed by atoms with Crippen LogP contribution in [0.1, 0.15) is 57.2 Å². The Balaban J connectivity index is 1.43. The Labute approximate surface area is 177 Å². The van der Waals surface area contributed by atoms with Crippen molar-refractivity contribution in [1.82, 2.24) is 14.7 Å². The summed E-state index contributed by atoms with van der Waals surface area (Å²) in [5.74, 6) is 1.48. The molecule has 1 fully saturated rings. The lowest BCUT2D eigenvalue weighted by Gasteiger charge is -2.37. The maximum absolute atomic E-state index is 13.5. The van der Waals surface area contributed by atoms with E-state index in [1.807, 2.05) is 10.9 Å². The summed E-state index contributed by atoms with van der Waals surface area (Å²) in [5.41, 5.74) is 6.03. The summed E-state index contributed by atoms with van der Waals surface area (Å²) in [6.07, 6.45) is 5.91. The van der Waals surface area contributed by atoms with Crippen LogP contribution in [0, 0.1) is 23.6 Å². The fourth-order valence-corrected chi connectivity index (χ4v) is 6.08. The van der Waals surface area contributed by atoms with E-state index in [-0.39, 0.29) is 17.7 Å². The quantitative estimate of drug-likeness (QED) is 0.666. The zero-order valence-corrected chi connectivity index (χ0v) is 18.1. The number of nitrogens with zero attached hydrogens (tertiary/aromatic N) is 3. The molecular weight excluding hydrogens is 377 g/mol. The minimum Gasteiger partial charge on any atom is -0.342 e. The van der Waals surface area contributed by atoms with Gasteiger partial charge >= 0.3 is 0 Å². The van der Waals surface area contributed by atoms with Crippen molar-refractivity contribution in [3.8, 4) is 5.69 Å². The second-order valence-electron chi connectivity index (χ2n) is 9.67. The maximum Gasteiger partial charge on any atom is 0.229 e. The second-order valence-corrected chi connectivity index (χ2v) is 9.67. The molecule has 158 valence electrons.